The lowest BCUT2D eigenvalue weighted by Crippen LogP contribution is -2.25. The van der Waals surface area contributed by atoms with Crippen LogP contribution < -0.4 is 5.32 Å². The molecule has 4 nitrogen and oxygen atoms in total. The highest BCUT2D eigenvalue weighted by atomic mass is 32.2. The maximum absolute atomic E-state index is 12.2. The number of aryl methyl sites for hydroxylation is 4. The maximum atomic E-state index is 12.2. The van der Waals surface area contributed by atoms with Crippen LogP contribution in [0.3, 0.4) is 0 Å². The van der Waals surface area contributed by atoms with Gasteiger partial charge in [0, 0.05) is 5.69 Å². The van der Waals surface area contributed by atoms with Crippen LogP contribution in [0, 0.1) is 20.8 Å². The number of amides is 1. The summed E-state index contributed by atoms with van der Waals surface area (Å²) in [5.74, 6) is -0.940. The van der Waals surface area contributed by atoms with Gasteiger partial charge in [-0.3, -0.25) is 4.79 Å². The molecule has 2 aromatic rings. The third kappa shape index (κ3) is 6.02. The average Bonchev–Trinajstić information content (AvgIpc) is 2.51. The van der Waals surface area contributed by atoms with E-state index in [1.54, 1.807) is 0 Å². The van der Waals surface area contributed by atoms with E-state index in [0.717, 1.165) is 22.3 Å². The second-order valence-electron chi connectivity index (χ2n) is 6.50. The monoisotopic (exact) mass is 359 g/mol. The first kappa shape index (κ1) is 19.2. The quantitative estimate of drug-likeness (QED) is 0.821. The third-order valence-electron chi connectivity index (χ3n) is 4.06. The number of benzene rings is 2. The van der Waals surface area contributed by atoms with Crippen LogP contribution in [-0.2, 0) is 21.1 Å². The van der Waals surface area contributed by atoms with Crippen molar-refractivity contribution in [2.75, 3.05) is 16.8 Å². The Balaban J connectivity index is 1.90. The number of rotatable bonds is 7. The Kier molecular flexibility index (Phi) is 6.37. The Labute approximate surface area is 150 Å². The van der Waals surface area contributed by atoms with Crippen LogP contribution in [0.2, 0.25) is 0 Å². The van der Waals surface area contributed by atoms with Crippen molar-refractivity contribution in [1.82, 2.24) is 0 Å². The van der Waals surface area contributed by atoms with Crippen LogP contribution in [0.15, 0.2) is 42.5 Å². The first-order valence-corrected chi connectivity index (χ1v) is 10.2. The molecule has 134 valence electrons. The summed E-state index contributed by atoms with van der Waals surface area (Å²) < 4.78 is 24.4. The molecular weight excluding hydrogens is 334 g/mol. The molecule has 1 amide bonds. The molecule has 0 saturated carbocycles. The van der Waals surface area contributed by atoms with Gasteiger partial charge in [0.25, 0.3) is 0 Å². The second-order valence-corrected chi connectivity index (χ2v) is 8.69. The molecule has 0 aliphatic carbocycles. The molecule has 5 heteroatoms. The number of hydrogen-bond donors (Lipinski definition) is 1. The lowest BCUT2D eigenvalue weighted by Gasteiger charge is -2.13. The Hall–Kier alpha value is -2.14. The predicted molar refractivity (Wildman–Crippen MR) is 103 cm³/mol. The fourth-order valence-electron chi connectivity index (χ4n) is 2.97. The number of anilines is 1. The minimum Gasteiger partial charge on any atom is -0.325 e. The van der Waals surface area contributed by atoms with Crippen LogP contribution >= 0.6 is 0 Å². The Morgan fingerprint density at radius 2 is 1.60 bits per heavy atom. The molecule has 0 heterocycles. The zero-order chi connectivity index (χ0) is 18.4. The highest BCUT2D eigenvalue weighted by Gasteiger charge is 2.18. The van der Waals surface area contributed by atoms with Crippen molar-refractivity contribution in [3.05, 3.63) is 64.7 Å². The molecule has 0 bridgehead atoms. The molecule has 0 unspecified atom stereocenters. The fourth-order valence-corrected chi connectivity index (χ4v) is 4.17. The van der Waals surface area contributed by atoms with Gasteiger partial charge in [0.05, 0.1) is 5.75 Å². The standard InChI is InChI=1S/C20H25NO3S/c1-15-12-16(2)20(17(3)13-15)21-19(22)14-25(23,24)11-7-10-18-8-5-4-6-9-18/h4-6,8-9,12-13H,7,10-11,14H2,1-3H3,(H,21,22). The van der Waals surface area contributed by atoms with Crippen molar-refractivity contribution in [3.8, 4) is 0 Å². The van der Waals surface area contributed by atoms with Crippen LogP contribution in [-0.4, -0.2) is 25.8 Å². The van der Waals surface area contributed by atoms with E-state index < -0.39 is 21.5 Å². The van der Waals surface area contributed by atoms with E-state index in [1.807, 2.05) is 63.2 Å². The second kappa shape index (κ2) is 8.30. The van der Waals surface area contributed by atoms with Gasteiger partial charge in [-0.1, -0.05) is 48.0 Å². The van der Waals surface area contributed by atoms with E-state index in [0.29, 0.717) is 18.5 Å². The smallest absolute Gasteiger partial charge is 0.239 e. The van der Waals surface area contributed by atoms with Gasteiger partial charge in [0.2, 0.25) is 5.91 Å². The van der Waals surface area contributed by atoms with Gasteiger partial charge >= 0.3 is 0 Å². The summed E-state index contributed by atoms with van der Waals surface area (Å²) in [6.45, 7) is 5.80. The number of sulfone groups is 1. The normalized spacial score (nSPS) is 11.3. The molecule has 1 N–H and O–H groups in total. The first-order chi connectivity index (χ1) is 11.8. The lowest BCUT2D eigenvalue weighted by atomic mass is 10.1. The summed E-state index contributed by atoms with van der Waals surface area (Å²) in [5, 5.41) is 2.75. The highest BCUT2D eigenvalue weighted by Crippen LogP contribution is 2.21. The molecule has 0 aliphatic heterocycles. The lowest BCUT2D eigenvalue weighted by molar-refractivity contribution is -0.113. The summed E-state index contributed by atoms with van der Waals surface area (Å²) in [6, 6.07) is 13.7. The molecule has 2 aromatic carbocycles. The maximum Gasteiger partial charge on any atom is 0.239 e. The molecular formula is C20H25NO3S. The Morgan fingerprint density at radius 3 is 2.20 bits per heavy atom. The van der Waals surface area contributed by atoms with Gasteiger partial charge in [-0.05, 0) is 50.3 Å². The van der Waals surface area contributed by atoms with Crippen molar-refractivity contribution in [3.63, 3.8) is 0 Å². The van der Waals surface area contributed by atoms with Crippen molar-refractivity contribution in [1.29, 1.82) is 0 Å². The highest BCUT2D eigenvalue weighted by molar-refractivity contribution is 7.92. The van der Waals surface area contributed by atoms with Crippen molar-refractivity contribution in [2.45, 2.75) is 33.6 Å². The molecule has 25 heavy (non-hydrogen) atoms. The van der Waals surface area contributed by atoms with Crippen molar-refractivity contribution in [2.24, 2.45) is 0 Å². The Bertz CT molecular complexity index is 819. The molecule has 0 aliphatic rings. The zero-order valence-electron chi connectivity index (χ0n) is 15.0. The van der Waals surface area contributed by atoms with E-state index in [4.69, 9.17) is 0 Å². The van der Waals surface area contributed by atoms with Gasteiger partial charge < -0.3 is 5.32 Å². The Morgan fingerprint density at radius 1 is 1.00 bits per heavy atom. The fraction of sp³-hybridized carbons (Fsp3) is 0.350. The van der Waals surface area contributed by atoms with E-state index in [2.05, 4.69) is 5.32 Å². The molecule has 0 atom stereocenters. The van der Waals surface area contributed by atoms with Crippen LogP contribution in [0.1, 0.15) is 28.7 Å². The molecule has 0 aromatic heterocycles. The van der Waals surface area contributed by atoms with Gasteiger partial charge in [0.15, 0.2) is 9.84 Å². The van der Waals surface area contributed by atoms with E-state index in [1.165, 1.54) is 0 Å². The topological polar surface area (TPSA) is 63.2 Å². The number of hydrogen-bond acceptors (Lipinski definition) is 3. The summed E-state index contributed by atoms with van der Waals surface area (Å²) in [6.07, 6.45) is 1.21. The van der Waals surface area contributed by atoms with Gasteiger partial charge in [0.1, 0.15) is 5.75 Å². The van der Waals surface area contributed by atoms with Gasteiger partial charge in [-0.25, -0.2) is 8.42 Å². The van der Waals surface area contributed by atoms with Crippen LogP contribution in [0.25, 0.3) is 0 Å². The molecule has 0 saturated heterocycles. The summed E-state index contributed by atoms with van der Waals surface area (Å²) in [5.41, 5.74) is 4.80. The minimum absolute atomic E-state index is 0.0151. The minimum atomic E-state index is -3.42. The molecule has 0 radical (unpaired) electrons. The summed E-state index contributed by atoms with van der Waals surface area (Å²) >= 11 is 0. The van der Waals surface area contributed by atoms with E-state index in [9.17, 15) is 13.2 Å². The number of carbonyl (C=O) groups is 1. The van der Waals surface area contributed by atoms with Crippen molar-refractivity contribution >= 4 is 21.4 Å². The molecule has 2 rings (SSSR count). The molecule has 0 fully saturated rings. The predicted octanol–water partition coefficient (Wildman–Crippen LogP) is 3.60. The van der Waals surface area contributed by atoms with Gasteiger partial charge in [-0.15, -0.1) is 0 Å². The third-order valence-corrected chi connectivity index (χ3v) is 5.67. The van der Waals surface area contributed by atoms with Crippen LogP contribution in [0.4, 0.5) is 5.69 Å². The van der Waals surface area contributed by atoms with Crippen molar-refractivity contribution < 1.29 is 13.2 Å². The van der Waals surface area contributed by atoms with Gasteiger partial charge in [-0.2, -0.15) is 0 Å². The first-order valence-electron chi connectivity index (χ1n) is 8.39. The van der Waals surface area contributed by atoms with Crippen LogP contribution in [0.5, 0.6) is 0 Å². The summed E-state index contributed by atoms with van der Waals surface area (Å²) in [7, 11) is -3.42. The summed E-state index contributed by atoms with van der Waals surface area (Å²) in [4.78, 5) is 12.2. The zero-order valence-corrected chi connectivity index (χ0v) is 15.8. The largest absolute Gasteiger partial charge is 0.325 e. The molecule has 0 spiro atoms. The van der Waals surface area contributed by atoms with E-state index in [-0.39, 0.29) is 5.75 Å². The number of nitrogens with one attached hydrogen (secondary N) is 1. The van der Waals surface area contributed by atoms with E-state index >= 15 is 0 Å². The average molecular weight is 359 g/mol. The SMILES string of the molecule is Cc1cc(C)c(NC(=O)CS(=O)(=O)CCCc2ccccc2)c(C)c1. The number of carbonyl (C=O) groups excluding carboxylic acids is 1.